The van der Waals surface area contributed by atoms with E-state index in [2.05, 4.69) is 10.6 Å². The maximum absolute atomic E-state index is 13.6. The van der Waals surface area contributed by atoms with Gasteiger partial charge in [-0.1, -0.05) is 23.7 Å². The molecule has 0 saturated heterocycles. The van der Waals surface area contributed by atoms with E-state index in [0.29, 0.717) is 5.56 Å². The molecule has 102 valence electrons. The molecule has 0 fully saturated rings. The average molecular weight is 291 g/mol. The third kappa shape index (κ3) is 2.40. The standard InChI is InChI=1S/C15H12ClFN2O/c16-12-2-1-3-13(17)14(12)19-15(20)9-4-5-10-7-18-8-11(10)6-9/h1-6,18H,7-8H2,(H,19,20). The number of hydrogen-bond donors (Lipinski definition) is 2. The minimum absolute atomic E-state index is 0.0118. The second-order valence-electron chi connectivity index (χ2n) is 4.64. The van der Waals surface area contributed by atoms with E-state index in [1.807, 2.05) is 12.1 Å². The second kappa shape index (κ2) is 5.23. The highest BCUT2D eigenvalue weighted by molar-refractivity contribution is 6.34. The molecule has 0 bridgehead atoms. The normalized spacial score (nSPS) is 13.1. The Bertz CT molecular complexity index is 667. The maximum atomic E-state index is 13.6. The van der Waals surface area contributed by atoms with Crippen molar-refractivity contribution in [3.63, 3.8) is 0 Å². The third-order valence-electron chi connectivity index (χ3n) is 3.30. The van der Waals surface area contributed by atoms with Crippen LogP contribution in [-0.2, 0) is 13.1 Å². The highest BCUT2D eigenvalue weighted by Crippen LogP contribution is 2.25. The number of nitrogens with one attached hydrogen (secondary N) is 2. The first-order chi connectivity index (χ1) is 9.65. The van der Waals surface area contributed by atoms with Crippen LogP contribution in [0.25, 0.3) is 0 Å². The van der Waals surface area contributed by atoms with Gasteiger partial charge in [-0.05, 0) is 35.4 Å². The van der Waals surface area contributed by atoms with Crippen LogP contribution < -0.4 is 10.6 Å². The zero-order chi connectivity index (χ0) is 14.1. The van der Waals surface area contributed by atoms with E-state index in [1.165, 1.54) is 23.8 Å². The Morgan fingerprint density at radius 1 is 1.20 bits per heavy atom. The minimum Gasteiger partial charge on any atom is -0.318 e. The molecule has 0 aromatic heterocycles. The summed E-state index contributed by atoms with van der Waals surface area (Å²) in [7, 11) is 0. The fourth-order valence-electron chi connectivity index (χ4n) is 2.24. The number of carbonyl (C=O) groups is 1. The lowest BCUT2D eigenvalue weighted by molar-refractivity contribution is 0.102. The van der Waals surface area contributed by atoms with E-state index in [4.69, 9.17) is 11.6 Å². The van der Waals surface area contributed by atoms with Gasteiger partial charge in [-0.3, -0.25) is 4.79 Å². The van der Waals surface area contributed by atoms with Gasteiger partial charge >= 0.3 is 0 Å². The number of carbonyl (C=O) groups excluding carboxylic acids is 1. The van der Waals surface area contributed by atoms with Gasteiger partial charge < -0.3 is 10.6 Å². The van der Waals surface area contributed by atoms with Crippen LogP contribution in [0.15, 0.2) is 36.4 Å². The number of fused-ring (bicyclic) bond motifs is 1. The van der Waals surface area contributed by atoms with Crippen molar-refractivity contribution < 1.29 is 9.18 Å². The van der Waals surface area contributed by atoms with Gasteiger partial charge in [0.1, 0.15) is 5.82 Å². The van der Waals surface area contributed by atoms with Crippen molar-refractivity contribution >= 4 is 23.2 Å². The first kappa shape index (κ1) is 13.1. The second-order valence-corrected chi connectivity index (χ2v) is 5.05. The molecule has 2 aromatic rings. The predicted octanol–water partition coefficient (Wildman–Crippen LogP) is 3.33. The summed E-state index contributed by atoms with van der Waals surface area (Å²) in [6.45, 7) is 1.56. The highest BCUT2D eigenvalue weighted by atomic mass is 35.5. The molecule has 3 nitrogen and oxygen atoms in total. The van der Waals surface area contributed by atoms with Gasteiger partial charge in [0, 0.05) is 18.7 Å². The quantitative estimate of drug-likeness (QED) is 0.891. The van der Waals surface area contributed by atoms with Gasteiger partial charge in [-0.25, -0.2) is 4.39 Å². The van der Waals surface area contributed by atoms with E-state index in [1.54, 1.807) is 6.07 Å². The molecule has 1 aliphatic heterocycles. The van der Waals surface area contributed by atoms with E-state index < -0.39 is 5.82 Å². The number of para-hydroxylation sites is 1. The molecule has 0 aliphatic carbocycles. The van der Waals surface area contributed by atoms with Crippen LogP contribution in [-0.4, -0.2) is 5.91 Å². The average Bonchev–Trinajstić information content (AvgIpc) is 2.90. The summed E-state index contributed by atoms with van der Waals surface area (Å²) in [5.41, 5.74) is 2.78. The molecular weight excluding hydrogens is 279 g/mol. The number of halogens is 2. The zero-order valence-electron chi connectivity index (χ0n) is 10.5. The van der Waals surface area contributed by atoms with Crippen molar-refractivity contribution in [2.45, 2.75) is 13.1 Å². The molecule has 3 rings (SSSR count). The summed E-state index contributed by atoms with van der Waals surface area (Å²) in [6.07, 6.45) is 0. The number of anilines is 1. The van der Waals surface area contributed by atoms with Crippen LogP contribution in [0.2, 0.25) is 5.02 Å². The molecule has 5 heteroatoms. The van der Waals surface area contributed by atoms with Gasteiger partial charge in [0.15, 0.2) is 0 Å². The topological polar surface area (TPSA) is 41.1 Å². The van der Waals surface area contributed by atoms with Gasteiger partial charge in [-0.2, -0.15) is 0 Å². The van der Waals surface area contributed by atoms with Gasteiger partial charge in [-0.15, -0.1) is 0 Å². The summed E-state index contributed by atoms with van der Waals surface area (Å²) in [4.78, 5) is 12.2. The molecule has 0 radical (unpaired) electrons. The van der Waals surface area contributed by atoms with Gasteiger partial charge in [0.25, 0.3) is 5.91 Å². The Morgan fingerprint density at radius 2 is 2.00 bits per heavy atom. The molecule has 0 atom stereocenters. The van der Waals surface area contributed by atoms with Crippen LogP contribution in [0.5, 0.6) is 0 Å². The fourth-order valence-corrected chi connectivity index (χ4v) is 2.45. The highest BCUT2D eigenvalue weighted by Gasteiger charge is 2.15. The minimum atomic E-state index is -0.548. The van der Waals surface area contributed by atoms with Crippen LogP contribution in [0, 0.1) is 5.82 Å². The predicted molar refractivity (Wildman–Crippen MR) is 76.3 cm³/mol. The van der Waals surface area contributed by atoms with Crippen LogP contribution in [0.1, 0.15) is 21.5 Å². The lowest BCUT2D eigenvalue weighted by Gasteiger charge is -2.09. The summed E-state index contributed by atoms with van der Waals surface area (Å²) < 4.78 is 13.6. The Kier molecular flexibility index (Phi) is 3.42. The lowest BCUT2D eigenvalue weighted by Crippen LogP contribution is -2.13. The summed E-state index contributed by atoms with van der Waals surface area (Å²) in [5.74, 6) is -0.916. The van der Waals surface area contributed by atoms with Crippen LogP contribution >= 0.6 is 11.6 Å². The SMILES string of the molecule is O=C(Nc1c(F)cccc1Cl)c1ccc2c(c1)CNC2. The Balaban J connectivity index is 1.86. The Hall–Kier alpha value is -1.91. The van der Waals surface area contributed by atoms with E-state index in [0.717, 1.165) is 18.7 Å². The van der Waals surface area contributed by atoms with E-state index >= 15 is 0 Å². The van der Waals surface area contributed by atoms with Crippen molar-refractivity contribution in [1.29, 1.82) is 0 Å². The Morgan fingerprint density at radius 3 is 2.80 bits per heavy atom. The summed E-state index contributed by atoms with van der Waals surface area (Å²) in [5, 5.41) is 5.91. The smallest absolute Gasteiger partial charge is 0.255 e. The molecule has 2 N–H and O–H groups in total. The monoisotopic (exact) mass is 290 g/mol. The number of hydrogen-bond acceptors (Lipinski definition) is 2. The zero-order valence-corrected chi connectivity index (χ0v) is 11.3. The molecular formula is C15H12ClFN2O. The largest absolute Gasteiger partial charge is 0.318 e. The van der Waals surface area contributed by atoms with E-state index in [-0.39, 0.29) is 16.6 Å². The fraction of sp³-hybridized carbons (Fsp3) is 0.133. The van der Waals surface area contributed by atoms with Crippen LogP contribution in [0.4, 0.5) is 10.1 Å². The van der Waals surface area contributed by atoms with Crippen molar-refractivity contribution in [2.75, 3.05) is 5.32 Å². The maximum Gasteiger partial charge on any atom is 0.255 e. The van der Waals surface area contributed by atoms with E-state index in [9.17, 15) is 9.18 Å². The number of benzene rings is 2. The van der Waals surface area contributed by atoms with Crippen LogP contribution in [0.3, 0.4) is 0 Å². The Labute approximate surface area is 120 Å². The first-order valence-corrected chi connectivity index (χ1v) is 6.61. The molecule has 2 aromatic carbocycles. The van der Waals surface area contributed by atoms with Crippen molar-refractivity contribution in [3.8, 4) is 0 Å². The third-order valence-corrected chi connectivity index (χ3v) is 3.62. The van der Waals surface area contributed by atoms with Gasteiger partial charge in [0.05, 0.1) is 10.7 Å². The molecule has 0 saturated carbocycles. The molecule has 20 heavy (non-hydrogen) atoms. The molecule has 0 spiro atoms. The summed E-state index contributed by atoms with van der Waals surface area (Å²) in [6, 6.07) is 9.75. The van der Waals surface area contributed by atoms with Crippen molar-refractivity contribution in [3.05, 3.63) is 63.9 Å². The van der Waals surface area contributed by atoms with Crippen molar-refractivity contribution in [1.82, 2.24) is 5.32 Å². The number of amides is 1. The molecule has 1 aliphatic rings. The van der Waals surface area contributed by atoms with Gasteiger partial charge in [0.2, 0.25) is 0 Å². The lowest BCUT2D eigenvalue weighted by atomic mass is 10.1. The first-order valence-electron chi connectivity index (χ1n) is 6.23. The summed E-state index contributed by atoms with van der Waals surface area (Å²) >= 11 is 5.89. The number of rotatable bonds is 2. The van der Waals surface area contributed by atoms with Crippen molar-refractivity contribution in [2.24, 2.45) is 0 Å². The molecule has 1 heterocycles. The molecule has 0 unspecified atom stereocenters. The molecule has 1 amide bonds.